The molecule has 0 spiro atoms. The topological polar surface area (TPSA) is 59.5 Å². The van der Waals surface area contributed by atoms with E-state index in [1.165, 1.54) is 6.42 Å². The summed E-state index contributed by atoms with van der Waals surface area (Å²) in [6, 6.07) is 1.66. The molecule has 0 bridgehead atoms. The zero-order valence-electron chi connectivity index (χ0n) is 11.1. The molecule has 1 aliphatic rings. The number of nitrogens with one attached hydrogen (secondary N) is 1. The summed E-state index contributed by atoms with van der Waals surface area (Å²) in [5.74, 6) is 2.22. The van der Waals surface area contributed by atoms with E-state index in [0.717, 1.165) is 19.6 Å². The molecular weight excluding hydrogens is 232 g/mol. The number of nitrogens with zero attached hydrogens (tertiary/aromatic N) is 3. The van der Waals surface area contributed by atoms with Crippen molar-refractivity contribution in [2.45, 2.75) is 6.42 Å². The number of ether oxygens (including phenoxy) is 2. The molecule has 1 aromatic heterocycles. The second-order valence-corrected chi connectivity index (χ2v) is 4.57. The van der Waals surface area contributed by atoms with Crippen molar-refractivity contribution < 1.29 is 9.47 Å². The number of anilines is 1. The molecule has 2 heterocycles. The number of hydrogen-bond donors (Lipinski definition) is 1. The van der Waals surface area contributed by atoms with Crippen molar-refractivity contribution in [1.29, 1.82) is 0 Å². The van der Waals surface area contributed by atoms with Crippen molar-refractivity contribution in [3.05, 3.63) is 6.07 Å². The molecule has 2 rings (SSSR count). The van der Waals surface area contributed by atoms with Gasteiger partial charge in [-0.05, 0) is 25.9 Å². The predicted molar refractivity (Wildman–Crippen MR) is 69.2 cm³/mol. The Kier molecular flexibility index (Phi) is 4.19. The molecule has 100 valence electrons. The lowest BCUT2D eigenvalue weighted by Gasteiger charge is -2.12. The minimum Gasteiger partial charge on any atom is -0.481 e. The van der Waals surface area contributed by atoms with Crippen LogP contribution in [0.25, 0.3) is 0 Å². The maximum absolute atomic E-state index is 5.11. The van der Waals surface area contributed by atoms with Gasteiger partial charge >= 0.3 is 0 Å². The van der Waals surface area contributed by atoms with Gasteiger partial charge in [0, 0.05) is 13.1 Å². The fraction of sp³-hybridized carbons (Fsp3) is 0.667. The fourth-order valence-electron chi connectivity index (χ4n) is 2.12. The van der Waals surface area contributed by atoms with Crippen LogP contribution in [0.4, 0.5) is 5.95 Å². The van der Waals surface area contributed by atoms with Crippen LogP contribution in [0.2, 0.25) is 0 Å². The quantitative estimate of drug-likeness (QED) is 0.838. The third-order valence-electron chi connectivity index (χ3n) is 3.14. The van der Waals surface area contributed by atoms with E-state index >= 15 is 0 Å². The van der Waals surface area contributed by atoms with Gasteiger partial charge in [0.05, 0.1) is 20.3 Å². The lowest BCUT2D eigenvalue weighted by atomic mass is 10.1. The number of rotatable bonds is 5. The summed E-state index contributed by atoms with van der Waals surface area (Å²) in [5.41, 5.74) is 0. The van der Waals surface area contributed by atoms with Crippen molar-refractivity contribution in [1.82, 2.24) is 14.9 Å². The first kappa shape index (κ1) is 12.9. The second kappa shape index (κ2) is 5.86. The predicted octanol–water partition coefficient (Wildman–Crippen LogP) is 0.857. The fourth-order valence-corrected chi connectivity index (χ4v) is 2.12. The molecule has 6 heteroatoms. The monoisotopic (exact) mass is 252 g/mol. The number of hydrogen-bond acceptors (Lipinski definition) is 6. The molecular formula is C12H20N4O2. The van der Waals surface area contributed by atoms with Crippen LogP contribution in [0, 0.1) is 5.92 Å². The van der Waals surface area contributed by atoms with Crippen molar-refractivity contribution in [2.24, 2.45) is 5.92 Å². The van der Waals surface area contributed by atoms with Crippen LogP contribution in [0.1, 0.15) is 6.42 Å². The van der Waals surface area contributed by atoms with E-state index in [9.17, 15) is 0 Å². The van der Waals surface area contributed by atoms with Crippen LogP contribution in [0.15, 0.2) is 6.07 Å². The molecule has 1 fully saturated rings. The molecule has 1 unspecified atom stereocenters. The SMILES string of the molecule is COc1cc(OC)nc(NCC2CCN(C)C2)n1. The van der Waals surface area contributed by atoms with E-state index in [0.29, 0.717) is 23.6 Å². The molecule has 18 heavy (non-hydrogen) atoms. The highest BCUT2D eigenvalue weighted by atomic mass is 16.5. The molecule has 1 aliphatic heterocycles. The van der Waals surface area contributed by atoms with Crippen LogP contribution in [0.5, 0.6) is 11.8 Å². The first-order valence-electron chi connectivity index (χ1n) is 6.10. The Morgan fingerprint density at radius 3 is 2.50 bits per heavy atom. The average Bonchev–Trinajstić information content (AvgIpc) is 2.81. The summed E-state index contributed by atoms with van der Waals surface area (Å²) in [6.45, 7) is 3.16. The minimum atomic E-state index is 0.507. The first-order chi connectivity index (χ1) is 8.71. The Hall–Kier alpha value is -1.56. The van der Waals surface area contributed by atoms with Crippen molar-refractivity contribution in [2.75, 3.05) is 46.2 Å². The number of methoxy groups -OCH3 is 2. The second-order valence-electron chi connectivity index (χ2n) is 4.57. The van der Waals surface area contributed by atoms with Crippen molar-refractivity contribution >= 4 is 5.95 Å². The lowest BCUT2D eigenvalue weighted by molar-refractivity contribution is 0.372. The first-order valence-corrected chi connectivity index (χ1v) is 6.10. The molecule has 0 aliphatic carbocycles. The molecule has 0 radical (unpaired) electrons. The van der Waals surface area contributed by atoms with Gasteiger partial charge in [0.2, 0.25) is 17.7 Å². The zero-order valence-corrected chi connectivity index (χ0v) is 11.1. The molecule has 1 N–H and O–H groups in total. The maximum Gasteiger partial charge on any atom is 0.229 e. The van der Waals surface area contributed by atoms with Gasteiger partial charge in [-0.15, -0.1) is 0 Å². The molecule has 0 aromatic carbocycles. The van der Waals surface area contributed by atoms with E-state index in [4.69, 9.17) is 9.47 Å². The van der Waals surface area contributed by atoms with E-state index in [-0.39, 0.29) is 0 Å². The molecule has 1 saturated heterocycles. The van der Waals surface area contributed by atoms with Crippen LogP contribution < -0.4 is 14.8 Å². The van der Waals surface area contributed by atoms with E-state index in [1.807, 2.05) is 0 Å². The van der Waals surface area contributed by atoms with E-state index in [1.54, 1.807) is 20.3 Å². The van der Waals surface area contributed by atoms with Gasteiger partial charge in [0.25, 0.3) is 0 Å². The van der Waals surface area contributed by atoms with Gasteiger partial charge in [0.15, 0.2) is 0 Å². The Balaban J connectivity index is 1.95. The Bertz CT molecular complexity index is 377. The zero-order chi connectivity index (χ0) is 13.0. The highest BCUT2D eigenvalue weighted by Gasteiger charge is 2.19. The van der Waals surface area contributed by atoms with Gasteiger partial charge in [0.1, 0.15) is 0 Å². The highest BCUT2D eigenvalue weighted by molar-refractivity contribution is 5.33. The van der Waals surface area contributed by atoms with E-state index in [2.05, 4.69) is 27.2 Å². The normalized spacial score (nSPS) is 19.8. The Morgan fingerprint density at radius 2 is 2.00 bits per heavy atom. The third kappa shape index (κ3) is 3.22. The molecule has 0 amide bonds. The largest absolute Gasteiger partial charge is 0.481 e. The van der Waals surface area contributed by atoms with Crippen LogP contribution >= 0.6 is 0 Å². The van der Waals surface area contributed by atoms with Gasteiger partial charge in [-0.25, -0.2) is 0 Å². The van der Waals surface area contributed by atoms with Crippen LogP contribution in [-0.2, 0) is 0 Å². The Labute approximate surface area is 107 Å². The summed E-state index contributed by atoms with van der Waals surface area (Å²) < 4.78 is 10.2. The van der Waals surface area contributed by atoms with Crippen LogP contribution in [0.3, 0.4) is 0 Å². The van der Waals surface area contributed by atoms with Gasteiger partial charge in [-0.2, -0.15) is 9.97 Å². The molecule has 1 aromatic rings. The van der Waals surface area contributed by atoms with Gasteiger partial charge in [-0.3, -0.25) is 0 Å². The average molecular weight is 252 g/mol. The summed E-state index contributed by atoms with van der Waals surface area (Å²) in [4.78, 5) is 10.8. The minimum absolute atomic E-state index is 0.507. The summed E-state index contributed by atoms with van der Waals surface area (Å²) in [5, 5.41) is 3.25. The number of likely N-dealkylation sites (tertiary alicyclic amines) is 1. The van der Waals surface area contributed by atoms with Crippen molar-refractivity contribution in [3.63, 3.8) is 0 Å². The maximum atomic E-state index is 5.11. The smallest absolute Gasteiger partial charge is 0.229 e. The Morgan fingerprint density at radius 1 is 1.33 bits per heavy atom. The summed E-state index contributed by atoms with van der Waals surface area (Å²) in [6.07, 6.45) is 1.21. The summed E-state index contributed by atoms with van der Waals surface area (Å²) >= 11 is 0. The molecule has 1 atom stereocenters. The standard InChI is InChI=1S/C12H20N4O2/c1-16-5-4-9(8-16)7-13-12-14-10(17-2)6-11(15-12)18-3/h6,9H,4-5,7-8H2,1-3H3,(H,13,14,15). The molecule has 0 saturated carbocycles. The van der Waals surface area contributed by atoms with E-state index < -0.39 is 0 Å². The third-order valence-corrected chi connectivity index (χ3v) is 3.14. The van der Waals surface area contributed by atoms with Crippen molar-refractivity contribution in [3.8, 4) is 11.8 Å². The highest BCUT2D eigenvalue weighted by Crippen LogP contribution is 2.19. The number of aromatic nitrogens is 2. The summed E-state index contributed by atoms with van der Waals surface area (Å²) in [7, 11) is 5.31. The van der Waals surface area contributed by atoms with Gasteiger partial charge in [-0.1, -0.05) is 0 Å². The molecule has 6 nitrogen and oxygen atoms in total. The lowest BCUT2D eigenvalue weighted by Crippen LogP contribution is -2.20. The van der Waals surface area contributed by atoms with Gasteiger partial charge < -0.3 is 19.7 Å². The van der Waals surface area contributed by atoms with Crippen LogP contribution in [-0.4, -0.2) is 55.8 Å².